The van der Waals surface area contributed by atoms with Crippen LogP contribution in [-0.2, 0) is 7.05 Å². The molecule has 0 spiro atoms. The number of aromatic nitrogens is 1. The lowest BCUT2D eigenvalue weighted by Gasteiger charge is -1.92. The smallest absolute Gasteiger partial charge is 0.0821 e. The van der Waals surface area contributed by atoms with Gasteiger partial charge in [0.05, 0.1) is 1.37 Å². The van der Waals surface area contributed by atoms with Crippen LogP contribution in [0.1, 0.15) is 8.30 Å². The van der Waals surface area contributed by atoms with Crippen molar-refractivity contribution < 1.29 is 2.74 Å². The third kappa shape index (κ3) is 0.845. The minimum absolute atomic E-state index is 0.181. The van der Waals surface area contributed by atoms with E-state index in [-0.39, 0.29) is 6.90 Å². The fourth-order valence-corrected chi connectivity index (χ4v) is 1.34. The van der Waals surface area contributed by atoms with Gasteiger partial charge in [0.1, 0.15) is 0 Å². The maximum Gasteiger partial charge on any atom is 0.0821 e. The highest BCUT2D eigenvalue weighted by atomic mass is 14.9. The molecule has 0 radical (unpaired) electrons. The molecule has 2 rings (SSSR count). The third-order valence-corrected chi connectivity index (χ3v) is 1.89. The standard InChI is InChI=1S/C10H11N/c1-8-7-11(2)10-6-4-3-5-9(8)10/h3-7H,1-2H3/i1D,7D. The normalized spacial score (nSPS) is 13.2. The van der Waals surface area contributed by atoms with Crippen LogP contribution in [-0.4, -0.2) is 4.57 Å². The van der Waals surface area contributed by atoms with Gasteiger partial charge >= 0.3 is 0 Å². The minimum Gasteiger partial charge on any atom is -0.350 e. The Labute approximate surface area is 69.1 Å². The second-order valence-electron chi connectivity index (χ2n) is 2.67. The van der Waals surface area contributed by atoms with E-state index in [1.54, 1.807) is 0 Å². The highest BCUT2D eigenvalue weighted by Crippen LogP contribution is 2.18. The van der Waals surface area contributed by atoms with E-state index >= 15 is 0 Å². The molecule has 56 valence electrons. The van der Waals surface area contributed by atoms with E-state index in [9.17, 15) is 0 Å². The molecule has 0 amide bonds. The Kier molecular flexibility index (Phi) is 0.888. The summed E-state index contributed by atoms with van der Waals surface area (Å²) < 4.78 is 16.9. The molecule has 0 fully saturated rings. The largest absolute Gasteiger partial charge is 0.350 e. The monoisotopic (exact) mass is 147 g/mol. The number of aryl methyl sites for hydroxylation is 2. The summed E-state index contributed by atoms with van der Waals surface area (Å²) >= 11 is 0. The second-order valence-corrected chi connectivity index (χ2v) is 2.67. The summed E-state index contributed by atoms with van der Waals surface area (Å²) in [6, 6.07) is 7.85. The van der Waals surface area contributed by atoms with Gasteiger partial charge in [-0.3, -0.25) is 0 Å². The SMILES string of the molecule is [2H]Cc1c([2H])n(C)c2ccccc12. The first-order valence-electron chi connectivity index (χ1n) is 4.78. The highest BCUT2D eigenvalue weighted by molar-refractivity contribution is 5.83. The van der Waals surface area contributed by atoms with E-state index in [1.165, 1.54) is 0 Å². The molecule has 0 aliphatic heterocycles. The number of para-hydroxylation sites is 1. The Morgan fingerprint density at radius 1 is 1.45 bits per heavy atom. The molecule has 0 atom stereocenters. The molecular weight excluding hydrogens is 134 g/mol. The van der Waals surface area contributed by atoms with Crippen molar-refractivity contribution in [1.82, 2.24) is 4.57 Å². The van der Waals surface area contributed by atoms with Crippen LogP contribution < -0.4 is 0 Å². The molecule has 0 bridgehead atoms. The van der Waals surface area contributed by atoms with Crippen LogP contribution in [0.5, 0.6) is 0 Å². The quantitative estimate of drug-likeness (QED) is 0.539. The van der Waals surface area contributed by atoms with Gasteiger partial charge in [0, 0.05) is 25.5 Å². The van der Waals surface area contributed by atoms with Gasteiger partial charge in [-0.15, -0.1) is 0 Å². The zero-order chi connectivity index (χ0) is 9.42. The average Bonchev–Trinajstić information content (AvgIpc) is 2.41. The molecule has 0 saturated heterocycles. The van der Waals surface area contributed by atoms with E-state index in [0.717, 1.165) is 16.5 Å². The molecule has 2 aromatic rings. The molecule has 1 aromatic carbocycles. The van der Waals surface area contributed by atoms with Gasteiger partial charge in [0.25, 0.3) is 0 Å². The van der Waals surface area contributed by atoms with Gasteiger partial charge in [-0.25, -0.2) is 0 Å². The van der Waals surface area contributed by atoms with Crippen LogP contribution in [0, 0.1) is 6.90 Å². The fraction of sp³-hybridized carbons (Fsp3) is 0.200. The molecule has 0 unspecified atom stereocenters. The number of nitrogens with zero attached hydrogens (tertiary/aromatic N) is 1. The van der Waals surface area contributed by atoms with Crippen LogP contribution >= 0.6 is 0 Å². The zero-order valence-electron chi connectivity index (χ0n) is 8.46. The number of benzene rings is 1. The van der Waals surface area contributed by atoms with E-state index in [0.29, 0.717) is 6.17 Å². The van der Waals surface area contributed by atoms with Gasteiger partial charge in [0.2, 0.25) is 0 Å². The first-order valence-corrected chi connectivity index (χ1v) is 3.58. The van der Waals surface area contributed by atoms with Crippen LogP contribution in [0.25, 0.3) is 10.9 Å². The van der Waals surface area contributed by atoms with E-state index < -0.39 is 0 Å². The van der Waals surface area contributed by atoms with Crippen molar-refractivity contribution in [2.45, 2.75) is 6.90 Å². The lowest BCUT2D eigenvalue weighted by molar-refractivity contribution is 0.964. The first kappa shape index (κ1) is 4.60. The van der Waals surface area contributed by atoms with Crippen LogP contribution in [0.2, 0.25) is 0 Å². The topological polar surface area (TPSA) is 4.93 Å². The molecule has 0 saturated carbocycles. The first-order chi connectivity index (χ1) is 6.25. The van der Waals surface area contributed by atoms with Gasteiger partial charge in [-0.1, -0.05) is 18.2 Å². The maximum atomic E-state index is 7.77. The lowest BCUT2D eigenvalue weighted by Crippen LogP contribution is -1.81. The van der Waals surface area contributed by atoms with Crippen LogP contribution in [0.3, 0.4) is 0 Å². The van der Waals surface area contributed by atoms with Crippen molar-refractivity contribution in [3.63, 3.8) is 0 Å². The van der Waals surface area contributed by atoms with Crippen molar-refractivity contribution >= 4 is 10.9 Å². The third-order valence-electron chi connectivity index (χ3n) is 1.89. The minimum atomic E-state index is 0.181. The van der Waals surface area contributed by atoms with Crippen LogP contribution in [0.15, 0.2) is 30.4 Å². The molecule has 1 nitrogen and oxygen atoms in total. The van der Waals surface area contributed by atoms with Crippen molar-refractivity contribution in [3.8, 4) is 0 Å². The van der Waals surface area contributed by atoms with E-state index in [2.05, 4.69) is 0 Å². The molecular formula is C10H11N. The van der Waals surface area contributed by atoms with Crippen molar-refractivity contribution in [1.29, 1.82) is 0 Å². The van der Waals surface area contributed by atoms with Crippen molar-refractivity contribution in [2.75, 3.05) is 0 Å². The van der Waals surface area contributed by atoms with Crippen molar-refractivity contribution in [3.05, 3.63) is 36.0 Å². The van der Waals surface area contributed by atoms with Crippen molar-refractivity contribution in [2.24, 2.45) is 7.05 Å². The number of rotatable bonds is 0. The summed E-state index contributed by atoms with van der Waals surface area (Å²) in [4.78, 5) is 0. The highest BCUT2D eigenvalue weighted by Gasteiger charge is 1.98. The summed E-state index contributed by atoms with van der Waals surface area (Å²) in [7, 11) is 1.86. The summed E-state index contributed by atoms with van der Waals surface area (Å²) in [5.41, 5.74) is 1.85. The van der Waals surface area contributed by atoms with Gasteiger partial charge in [-0.05, 0) is 18.5 Å². The molecule has 1 aromatic heterocycles. The zero-order valence-corrected chi connectivity index (χ0v) is 6.46. The summed E-state index contributed by atoms with van der Waals surface area (Å²) in [6.07, 6.45) is 0.455. The maximum absolute atomic E-state index is 7.77. The Balaban J connectivity index is 2.90. The van der Waals surface area contributed by atoms with Gasteiger partial charge in [-0.2, -0.15) is 0 Å². The Morgan fingerprint density at radius 3 is 3.09 bits per heavy atom. The Bertz CT molecular complexity index is 445. The average molecular weight is 147 g/mol. The number of hydrogen-bond acceptors (Lipinski definition) is 0. The Morgan fingerprint density at radius 2 is 2.27 bits per heavy atom. The van der Waals surface area contributed by atoms with Gasteiger partial charge in [0.15, 0.2) is 0 Å². The Hall–Kier alpha value is -1.24. The van der Waals surface area contributed by atoms with E-state index in [1.807, 2.05) is 35.9 Å². The predicted octanol–water partition coefficient (Wildman–Crippen LogP) is 2.49. The predicted molar refractivity (Wildman–Crippen MR) is 47.7 cm³/mol. The molecule has 11 heavy (non-hydrogen) atoms. The molecule has 0 aliphatic carbocycles. The summed E-state index contributed by atoms with van der Waals surface area (Å²) in [6.45, 7) is 0.181. The molecule has 1 heterocycles. The lowest BCUT2D eigenvalue weighted by atomic mass is 10.2. The number of hydrogen-bond donors (Lipinski definition) is 0. The van der Waals surface area contributed by atoms with Crippen LogP contribution in [0.4, 0.5) is 0 Å². The second kappa shape index (κ2) is 2.12. The number of fused-ring (bicyclic) bond motifs is 1. The molecule has 1 heteroatoms. The van der Waals surface area contributed by atoms with Gasteiger partial charge < -0.3 is 4.57 Å². The summed E-state index contributed by atoms with van der Waals surface area (Å²) in [5.74, 6) is 0. The fourth-order valence-electron chi connectivity index (χ4n) is 1.34. The van der Waals surface area contributed by atoms with E-state index in [4.69, 9.17) is 2.74 Å². The summed E-state index contributed by atoms with van der Waals surface area (Å²) in [5, 5.41) is 1.03. The molecule has 0 N–H and O–H groups in total. The molecule has 0 aliphatic rings.